The van der Waals surface area contributed by atoms with Gasteiger partial charge in [-0.3, -0.25) is 9.59 Å². The second kappa shape index (κ2) is 5.78. The molecule has 0 aromatic heterocycles. The maximum absolute atomic E-state index is 11.4. The van der Waals surface area contributed by atoms with E-state index in [1.54, 1.807) is 0 Å². The fraction of sp³-hybridized carbons (Fsp3) is 0.818. The number of Topliss-reactive ketones (excluding diaryl/α,β-unsaturated/α-hetero) is 1. The van der Waals surface area contributed by atoms with Gasteiger partial charge < -0.3 is 5.11 Å². The van der Waals surface area contributed by atoms with Crippen LogP contribution in [0.5, 0.6) is 0 Å². The first-order valence-corrected chi connectivity index (χ1v) is 5.09. The summed E-state index contributed by atoms with van der Waals surface area (Å²) in [5, 5.41) is 8.87. The van der Waals surface area contributed by atoms with Crippen LogP contribution >= 0.6 is 0 Å². The van der Waals surface area contributed by atoms with Gasteiger partial charge in [0.25, 0.3) is 0 Å². The third-order valence-corrected chi connectivity index (χ3v) is 2.21. The first-order valence-electron chi connectivity index (χ1n) is 5.09. The fourth-order valence-electron chi connectivity index (χ4n) is 1.39. The summed E-state index contributed by atoms with van der Waals surface area (Å²) in [7, 11) is 0. The van der Waals surface area contributed by atoms with Gasteiger partial charge in [0, 0.05) is 12.8 Å². The van der Waals surface area contributed by atoms with Crippen LogP contribution < -0.4 is 0 Å². The SMILES string of the molecule is CC(C)CC(=O)CC(C(=O)O)C(C)C. The van der Waals surface area contributed by atoms with Gasteiger partial charge in [0.05, 0.1) is 5.92 Å². The Bertz CT molecular complexity index is 207. The van der Waals surface area contributed by atoms with E-state index in [1.165, 1.54) is 0 Å². The van der Waals surface area contributed by atoms with Crippen LogP contribution in [0.25, 0.3) is 0 Å². The predicted molar refractivity (Wildman–Crippen MR) is 55.0 cm³/mol. The molecule has 14 heavy (non-hydrogen) atoms. The second-order valence-electron chi connectivity index (χ2n) is 4.53. The lowest BCUT2D eigenvalue weighted by molar-refractivity contribution is -0.145. The van der Waals surface area contributed by atoms with E-state index in [0.29, 0.717) is 12.3 Å². The maximum Gasteiger partial charge on any atom is 0.307 e. The lowest BCUT2D eigenvalue weighted by atomic mass is 9.89. The number of rotatable bonds is 6. The van der Waals surface area contributed by atoms with E-state index in [-0.39, 0.29) is 18.1 Å². The Kier molecular flexibility index (Phi) is 5.43. The summed E-state index contributed by atoms with van der Waals surface area (Å²) < 4.78 is 0. The zero-order chi connectivity index (χ0) is 11.3. The van der Waals surface area contributed by atoms with Gasteiger partial charge in [-0.25, -0.2) is 0 Å². The number of carbonyl (C=O) groups is 2. The van der Waals surface area contributed by atoms with E-state index >= 15 is 0 Å². The van der Waals surface area contributed by atoms with Gasteiger partial charge in [0.15, 0.2) is 0 Å². The third-order valence-electron chi connectivity index (χ3n) is 2.21. The molecular formula is C11H20O3. The average molecular weight is 200 g/mol. The molecule has 0 aliphatic rings. The van der Waals surface area contributed by atoms with Crippen LogP contribution in [0.1, 0.15) is 40.5 Å². The molecule has 0 radical (unpaired) electrons. The first kappa shape index (κ1) is 13.1. The first-order chi connectivity index (χ1) is 6.34. The molecule has 82 valence electrons. The molecule has 1 N–H and O–H groups in total. The molecule has 0 aromatic rings. The van der Waals surface area contributed by atoms with E-state index < -0.39 is 11.9 Å². The van der Waals surface area contributed by atoms with Crippen molar-refractivity contribution in [3.8, 4) is 0 Å². The Morgan fingerprint density at radius 3 is 1.86 bits per heavy atom. The minimum Gasteiger partial charge on any atom is -0.481 e. The summed E-state index contributed by atoms with van der Waals surface area (Å²) in [4.78, 5) is 22.2. The predicted octanol–water partition coefficient (Wildman–Crippen LogP) is 2.35. The topological polar surface area (TPSA) is 54.4 Å². The lowest BCUT2D eigenvalue weighted by Crippen LogP contribution is -2.23. The van der Waals surface area contributed by atoms with Crippen molar-refractivity contribution in [2.75, 3.05) is 0 Å². The number of carboxylic acids is 1. The molecule has 3 nitrogen and oxygen atoms in total. The van der Waals surface area contributed by atoms with Crippen LogP contribution in [0.4, 0.5) is 0 Å². The molecule has 0 aromatic carbocycles. The quantitative estimate of drug-likeness (QED) is 0.716. The highest BCUT2D eigenvalue weighted by molar-refractivity contribution is 5.84. The van der Waals surface area contributed by atoms with Gasteiger partial charge in [0.1, 0.15) is 5.78 Å². The summed E-state index contributed by atoms with van der Waals surface area (Å²) in [6.07, 6.45) is 0.654. The summed E-state index contributed by atoms with van der Waals surface area (Å²) in [5.74, 6) is -1.01. The van der Waals surface area contributed by atoms with Crippen molar-refractivity contribution in [2.24, 2.45) is 17.8 Å². The smallest absolute Gasteiger partial charge is 0.307 e. The van der Waals surface area contributed by atoms with E-state index in [1.807, 2.05) is 27.7 Å². The van der Waals surface area contributed by atoms with Gasteiger partial charge in [-0.05, 0) is 11.8 Å². The lowest BCUT2D eigenvalue weighted by Gasteiger charge is -2.15. The molecule has 0 saturated heterocycles. The molecule has 0 aliphatic carbocycles. The highest BCUT2D eigenvalue weighted by Crippen LogP contribution is 2.17. The Labute approximate surface area is 85.5 Å². The van der Waals surface area contributed by atoms with Crippen LogP contribution in [-0.4, -0.2) is 16.9 Å². The number of aliphatic carboxylic acids is 1. The van der Waals surface area contributed by atoms with Crippen LogP contribution in [0, 0.1) is 17.8 Å². The van der Waals surface area contributed by atoms with Gasteiger partial charge in [-0.15, -0.1) is 0 Å². The van der Waals surface area contributed by atoms with Crippen molar-refractivity contribution in [3.05, 3.63) is 0 Å². The average Bonchev–Trinajstić information content (AvgIpc) is 1.97. The van der Waals surface area contributed by atoms with Crippen LogP contribution in [0.2, 0.25) is 0 Å². The summed E-state index contributed by atoms with van der Waals surface area (Å²) >= 11 is 0. The van der Waals surface area contributed by atoms with Gasteiger partial charge in [-0.2, -0.15) is 0 Å². The van der Waals surface area contributed by atoms with Crippen molar-refractivity contribution >= 4 is 11.8 Å². The van der Waals surface area contributed by atoms with Crippen molar-refractivity contribution in [1.82, 2.24) is 0 Å². The highest BCUT2D eigenvalue weighted by atomic mass is 16.4. The van der Waals surface area contributed by atoms with E-state index in [4.69, 9.17) is 5.11 Å². The normalized spacial score (nSPS) is 13.3. The summed E-state index contributed by atoms with van der Waals surface area (Å²) in [6, 6.07) is 0. The maximum atomic E-state index is 11.4. The molecule has 0 saturated carbocycles. The molecule has 0 aliphatic heterocycles. The molecule has 0 bridgehead atoms. The second-order valence-corrected chi connectivity index (χ2v) is 4.53. The molecule has 1 unspecified atom stereocenters. The molecule has 0 fully saturated rings. The Morgan fingerprint density at radius 1 is 1.07 bits per heavy atom. The van der Waals surface area contributed by atoms with Crippen molar-refractivity contribution in [2.45, 2.75) is 40.5 Å². The summed E-state index contributed by atoms with van der Waals surface area (Å²) in [5.41, 5.74) is 0. The monoisotopic (exact) mass is 200 g/mol. The van der Waals surface area contributed by atoms with Gasteiger partial charge in [0.2, 0.25) is 0 Å². The number of hydrogen-bond acceptors (Lipinski definition) is 2. The van der Waals surface area contributed by atoms with Crippen LogP contribution in [0.15, 0.2) is 0 Å². The number of ketones is 1. The van der Waals surface area contributed by atoms with Crippen LogP contribution in [0.3, 0.4) is 0 Å². The standard InChI is InChI=1S/C11H20O3/c1-7(2)5-9(12)6-10(8(3)4)11(13)14/h7-8,10H,5-6H2,1-4H3,(H,13,14). The molecule has 1 atom stereocenters. The number of hydrogen-bond donors (Lipinski definition) is 1. The van der Waals surface area contributed by atoms with Crippen LogP contribution in [-0.2, 0) is 9.59 Å². The zero-order valence-electron chi connectivity index (χ0n) is 9.41. The largest absolute Gasteiger partial charge is 0.481 e. The zero-order valence-corrected chi connectivity index (χ0v) is 9.41. The summed E-state index contributed by atoms with van der Waals surface area (Å²) in [6.45, 7) is 7.59. The minimum absolute atomic E-state index is 0.0172. The third kappa shape index (κ3) is 5.00. The number of carboxylic acid groups (broad SMARTS) is 1. The van der Waals surface area contributed by atoms with E-state index in [0.717, 1.165) is 0 Å². The number of carbonyl (C=O) groups excluding carboxylic acids is 1. The van der Waals surface area contributed by atoms with Gasteiger partial charge >= 0.3 is 5.97 Å². The Morgan fingerprint density at radius 2 is 1.57 bits per heavy atom. The van der Waals surface area contributed by atoms with Gasteiger partial charge in [-0.1, -0.05) is 27.7 Å². The molecule has 0 rings (SSSR count). The highest BCUT2D eigenvalue weighted by Gasteiger charge is 2.24. The molecule has 0 spiro atoms. The minimum atomic E-state index is -0.864. The Hall–Kier alpha value is -0.860. The van der Waals surface area contributed by atoms with E-state index in [2.05, 4.69) is 0 Å². The molecule has 0 amide bonds. The fourth-order valence-corrected chi connectivity index (χ4v) is 1.39. The van der Waals surface area contributed by atoms with E-state index in [9.17, 15) is 9.59 Å². The molecule has 3 heteroatoms. The molecule has 0 heterocycles. The van der Waals surface area contributed by atoms with Crippen molar-refractivity contribution < 1.29 is 14.7 Å². The molecular weight excluding hydrogens is 180 g/mol. The van der Waals surface area contributed by atoms with Crippen molar-refractivity contribution in [3.63, 3.8) is 0 Å². The van der Waals surface area contributed by atoms with Crippen molar-refractivity contribution in [1.29, 1.82) is 0 Å². The Balaban J connectivity index is 4.17.